The Morgan fingerprint density at radius 1 is 1.48 bits per heavy atom. The Labute approximate surface area is 133 Å². The van der Waals surface area contributed by atoms with Crippen LogP contribution in [0.4, 0.5) is 0 Å². The lowest BCUT2D eigenvalue weighted by atomic mass is 10.2. The number of amides is 1. The summed E-state index contributed by atoms with van der Waals surface area (Å²) >= 11 is 0. The molecule has 0 aliphatic carbocycles. The molecule has 2 aromatic heterocycles. The predicted octanol–water partition coefficient (Wildman–Crippen LogP) is -0.0610. The normalized spacial score (nSPS) is 17.3. The maximum Gasteiger partial charge on any atom is 0.346 e. The Bertz CT molecular complexity index is 731. The first-order chi connectivity index (χ1) is 11.1. The van der Waals surface area contributed by atoms with Crippen molar-refractivity contribution in [1.29, 1.82) is 0 Å². The van der Waals surface area contributed by atoms with E-state index in [0.717, 1.165) is 24.1 Å². The first-order valence-corrected chi connectivity index (χ1v) is 7.58. The van der Waals surface area contributed by atoms with Crippen LogP contribution in [-0.4, -0.2) is 44.5 Å². The van der Waals surface area contributed by atoms with E-state index in [1.165, 1.54) is 4.57 Å². The lowest BCUT2D eigenvalue weighted by molar-refractivity contribution is -0.122. The van der Waals surface area contributed by atoms with Crippen LogP contribution >= 0.6 is 0 Å². The average Bonchev–Trinajstić information content (AvgIpc) is 3.18. The fourth-order valence-corrected chi connectivity index (χ4v) is 2.53. The molecular formula is C15H19N5O3. The van der Waals surface area contributed by atoms with Crippen LogP contribution in [0.25, 0.3) is 11.5 Å². The summed E-state index contributed by atoms with van der Waals surface area (Å²) in [5.74, 6) is 0.177. The van der Waals surface area contributed by atoms with Gasteiger partial charge >= 0.3 is 5.69 Å². The van der Waals surface area contributed by atoms with Crippen molar-refractivity contribution in [3.63, 3.8) is 0 Å². The van der Waals surface area contributed by atoms with Gasteiger partial charge in [0.15, 0.2) is 5.82 Å². The van der Waals surface area contributed by atoms with Crippen LogP contribution in [-0.2, 0) is 23.1 Å². The summed E-state index contributed by atoms with van der Waals surface area (Å²) in [5, 5.41) is 6.99. The molecule has 8 heteroatoms. The molecule has 0 bridgehead atoms. The molecular weight excluding hydrogens is 298 g/mol. The van der Waals surface area contributed by atoms with Crippen LogP contribution in [0.2, 0.25) is 0 Å². The number of nitrogens with one attached hydrogen (secondary N) is 1. The minimum Gasteiger partial charge on any atom is -0.376 e. The van der Waals surface area contributed by atoms with Gasteiger partial charge in [-0.1, -0.05) is 6.07 Å². The third-order valence-electron chi connectivity index (χ3n) is 3.78. The van der Waals surface area contributed by atoms with Crippen molar-refractivity contribution in [2.45, 2.75) is 25.5 Å². The topological polar surface area (TPSA) is 91.0 Å². The number of aromatic nitrogens is 4. The van der Waals surface area contributed by atoms with Crippen LogP contribution < -0.4 is 11.0 Å². The quantitative estimate of drug-likeness (QED) is 0.834. The van der Waals surface area contributed by atoms with E-state index in [4.69, 9.17) is 4.74 Å². The molecule has 8 nitrogen and oxygen atoms in total. The van der Waals surface area contributed by atoms with Crippen molar-refractivity contribution in [3.05, 3.63) is 34.9 Å². The van der Waals surface area contributed by atoms with Crippen molar-refractivity contribution in [2.75, 3.05) is 13.2 Å². The number of nitrogens with zero attached hydrogens (tertiary/aromatic N) is 4. The van der Waals surface area contributed by atoms with Gasteiger partial charge in [-0.25, -0.2) is 9.48 Å². The Morgan fingerprint density at radius 3 is 3.04 bits per heavy atom. The molecule has 3 heterocycles. The zero-order valence-electron chi connectivity index (χ0n) is 12.9. The summed E-state index contributed by atoms with van der Waals surface area (Å²) in [7, 11) is 1.61. The van der Waals surface area contributed by atoms with Crippen LogP contribution in [0, 0.1) is 0 Å². The fourth-order valence-electron chi connectivity index (χ4n) is 2.53. The third-order valence-corrected chi connectivity index (χ3v) is 3.78. The molecule has 0 aromatic carbocycles. The number of rotatable bonds is 5. The molecule has 0 saturated carbocycles. The molecule has 2 aromatic rings. The van der Waals surface area contributed by atoms with E-state index in [1.54, 1.807) is 25.4 Å². The summed E-state index contributed by atoms with van der Waals surface area (Å²) in [4.78, 5) is 28.4. The molecule has 1 atom stereocenters. The van der Waals surface area contributed by atoms with Gasteiger partial charge in [-0.15, -0.1) is 5.10 Å². The highest BCUT2D eigenvalue weighted by Crippen LogP contribution is 2.11. The van der Waals surface area contributed by atoms with Gasteiger partial charge in [0, 0.05) is 26.4 Å². The molecule has 1 unspecified atom stereocenters. The average molecular weight is 317 g/mol. The highest BCUT2D eigenvalue weighted by atomic mass is 16.5. The molecule has 0 radical (unpaired) electrons. The monoisotopic (exact) mass is 317 g/mol. The number of carbonyl (C=O) groups is 1. The van der Waals surface area contributed by atoms with Gasteiger partial charge in [-0.05, 0) is 25.0 Å². The Balaban J connectivity index is 1.68. The minimum absolute atomic E-state index is 0.0727. The van der Waals surface area contributed by atoms with Crippen LogP contribution in [0.15, 0.2) is 29.2 Å². The molecule has 23 heavy (non-hydrogen) atoms. The molecule has 1 amide bonds. The number of pyridine rings is 1. The van der Waals surface area contributed by atoms with Crippen molar-refractivity contribution in [3.8, 4) is 11.5 Å². The Kier molecular flexibility index (Phi) is 4.52. The highest BCUT2D eigenvalue weighted by Gasteiger charge is 2.18. The number of ether oxygens (including phenoxy) is 1. The smallest absolute Gasteiger partial charge is 0.346 e. The zero-order valence-corrected chi connectivity index (χ0v) is 12.9. The lowest BCUT2D eigenvalue weighted by Gasteiger charge is -2.10. The molecule has 122 valence electrons. The van der Waals surface area contributed by atoms with Gasteiger partial charge in [-0.3, -0.25) is 14.3 Å². The van der Waals surface area contributed by atoms with Crippen molar-refractivity contribution in [2.24, 2.45) is 7.05 Å². The summed E-state index contributed by atoms with van der Waals surface area (Å²) in [5.41, 5.74) is 0.239. The SMILES string of the molecule is Cn1c(-c2ccccn2)nn(CC(=O)NCC2CCCO2)c1=O. The second-order valence-electron chi connectivity index (χ2n) is 5.48. The van der Waals surface area contributed by atoms with E-state index in [0.29, 0.717) is 18.1 Å². The summed E-state index contributed by atoms with van der Waals surface area (Å²) in [6, 6.07) is 5.38. The van der Waals surface area contributed by atoms with Crippen molar-refractivity contribution in [1.82, 2.24) is 24.6 Å². The summed E-state index contributed by atoms with van der Waals surface area (Å²) in [6.45, 7) is 1.09. The van der Waals surface area contributed by atoms with E-state index in [9.17, 15) is 9.59 Å². The van der Waals surface area contributed by atoms with Gasteiger partial charge in [0.05, 0.1) is 6.10 Å². The van der Waals surface area contributed by atoms with E-state index in [2.05, 4.69) is 15.4 Å². The standard InChI is InChI=1S/C15H19N5O3/c1-19-14(12-6-2-3-7-16-12)18-20(15(19)22)10-13(21)17-9-11-5-4-8-23-11/h2-3,6-7,11H,4-5,8-10H2,1H3,(H,17,21). The maximum atomic E-state index is 12.2. The summed E-state index contributed by atoms with van der Waals surface area (Å²) in [6.07, 6.45) is 3.68. The predicted molar refractivity (Wildman–Crippen MR) is 82.7 cm³/mol. The van der Waals surface area contributed by atoms with E-state index in [-0.39, 0.29) is 24.2 Å². The van der Waals surface area contributed by atoms with Crippen LogP contribution in [0.5, 0.6) is 0 Å². The first-order valence-electron chi connectivity index (χ1n) is 7.58. The molecule has 1 aliphatic rings. The Hall–Kier alpha value is -2.48. The molecule has 3 rings (SSSR count). The maximum absolute atomic E-state index is 12.2. The third kappa shape index (κ3) is 3.48. The Morgan fingerprint density at radius 2 is 2.35 bits per heavy atom. The van der Waals surface area contributed by atoms with Gasteiger partial charge < -0.3 is 10.1 Å². The van der Waals surface area contributed by atoms with Gasteiger partial charge in [0.1, 0.15) is 12.2 Å². The zero-order chi connectivity index (χ0) is 16.2. The number of carbonyl (C=O) groups excluding carboxylic acids is 1. The molecule has 1 saturated heterocycles. The van der Waals surface area contributed by atoms with E-state index in [1.807, 2.05) is 6.07 Å². The van der Waals surface area contributed by atoms with Gasteiger partial charge in [0.2, 0.25) is 5.91 Å². The molecule has 1 fully saturated rings. The summed E-state index contributed by atoms with van der Waals surface area (Å²) < 4.78 is 7.98. The number of hydrogen-bond donors (Lipinski definition) is 1. The van der Waals surface area contributed by atoms with Gasteiger partial charge in [0.25, 0.3) is 0 Å². The molecule has 1 aliphatic heterocycles. The van der Waals surface area contributed by atoms with E-state index >= 15 is 0 Å². The minimum atomic E-state index is -0.349. The second kappa shape index (κ2) is 6.74. The fraction of sp³-hybridized carbons (Fsp3) is 0.467. The molecule has 1 N–H and O–H groups in total. The van der Waals surface area contributed by atoms with Crippen LogP contribution in [0.1, 0.15) is 12.8 Å². The van der Waals surface area contributed by atoms with E-state index < -0.39 is 0 Å². The molecule has 0 spiro atoms. The van der Waals surface area contributed by atoms with Gasteiger partial charge in [-0.2, -0.15) is 0 Å². The van der Waals surface area contributed by atoms with Crippen molar-refractivity contribution < 1.29 is 9.53 Å². The second-order valence-corrected chi connectivity index (χ2v) is 5.48. The lowest BCUT2D eigenvalue weighted by Crippen LogP contribution is -2.37. The van der Waals surface area contributed by atoms with Crippen molar-refractivity contribution >= 4 is 5.91 Å². The first kappa shape index (κ1) is 15.4. The van der Waals surface area contributed by atoms with Crippen LogP contribution in [0.3, 0.4) is 0 Å². The number of hydrogen-bond acceptors (Lipinski definition) is 5. The highest BCUT2D eigenvalue weighted by molar-refractivity contribution is 5.75. The largest absolute Gasteiger partial charge is 0.376 e.